The van der Waals surface area contributed by atoms with E-state index in [1.807, 2.05) is 24.4 Å². The fourth-order valence-corrected chi connectivity index (χ4v) is 4.32. The second-order valence-corrected chi connectivity index (χ2v) is 8.29. The quantitative estimate of drug-likeness (QED) is 0.403. The highest BCUT2D eigenvalue weighted by molar-refractivity contribution is 6.08. The van der Waals surface area contributed by atoms with Crippen LogP contribution >= 0.6 is 0 Å². The first-order valence-corrected chi connectivity index (χ1v) is 11.3. The Kier molecular flexibility index (Phi) is 6.23. The summed E-state index contributed by atoms with van der Waals surface area (Å²) in [6.07, 6.45) is 7.52. The second kappa shape index (κ2) is 9.60. The molecule has 2 N–H and O–H groups in total. The van der Waals surface area contributed by atoms with Crippen molar-refractivity contribution in [3.8, 4) is 5.75 Å². The molecular formula is C24H28N6O3. The first kappa shape index (κ1) is 21.4. The summed E-state index contributed by atoms with van der Waals surface area (Å²) in [5.41, 5.74) is 2.86. The summed E-state index contributed by atoms with van der Waals surface area (Å²) in [6, 6.07) is 9.53. The zero-order valence-electron chi connectivity index (χ0n) is 18.7. The minimum atomic E-state index is -0.228. The number of imidazole rings is 1. The van der Waals surface area contributed by atoms with E-state index in [9.17, 15) is 4.79 Å². The molecule has 1 aliphatic rings. The predicted molar refractivity (Wildman–Crippen MR) is 126 cm³/mol. The van der Waals surface area contributed by atoms with Crippen molar-refractivity contribution in [1.29, 1.82) is 0 Å². The number of nitrogens with zero attached hydrogens (tertiary/aromatic N) is 4. The summed E-state index contributed by atoms with van der Waals surface area (Å²) >= 11 is 0. The Labute approximate surface area is 191 Å². The molecule has 1 fully saturated rings. The van der Waals surface area contributed by atoms with Crippen LogP contribution < -0.4 is 15.4 Å². The lowest BCUT2D eigenvalue weighted by atomic mass is 9.98. The van der Waals surface area contributed by atoms with Gasteiger partial charge in [-0.05, 0) is 50.0 Å². The van der Waals surface area contributed by atoms with E-state index in [1.165, 1.54) is 0 Å². The number of amides is 1. The zero-order chi connectivity index (χ0) is 22.6. The van der Waals surface area contributed by atoms with Crippen LogP contribution in [0, 0.1) is 5.92 Å². The number of pyridine rings is 1. The largest absolute Gasteiger partial charge is 0.491 e. The van der Waals surface area contributed by atoms with Crippen LogP contribution in [0.3, 0.4) is 0 Å². The maximum atomic E-state index is 13.1. The van der Waals surface area contributed by atoms with Crippen molar-refractivity contribution in [3.63, 3.8) is 0 Å². The molecule has 1 saturated heterocycles. The minimum absolute atomic E-state index is 0.228. The van der Waals surface area contributed by atoms with Crippen LogP contribution in [0.15, 0.2) is 48.9 Å². The summed E-state index contributed by atoms with van der Waals surface area (Å²) in [7, 11) is 1.63. The van der Waals surface area contributed by atoms with E-state index < -0.39 is 0 Å². The topological polar surface area (TPSA) is 94.7 Å². The molecule has 0 unspecified atom stereocenters. The van der Waals surface area contributed by atoms with Crippen molar-refractivity contribution in [2.45, 2.75) is 19.4 Å². The number of methoxy groups -OCH3 is 1. The molecule has 1 aromatic carbocycles. The van der Waals surface area contributed by atoms with Crippen molar-refractivity contribution in [1.82, 2.24) is 24.5 Å². The highest BCUT2D eigenvalue weighted by Gasteiger charge is 2.18. The van der Waals surface area contributed by atoms with Gasteiger partial charge in [0.2, 0.25) is 0 Å². The maximum Gasteiger partial charge on any atom is 0.274 e. The Bertz CT molecular complexity index is 1260. The fraction of sp³-hybridized carbons (Fsp3) is 0.375. The third-order valence-electron chi connectivity index (χ3n) is 6.10. The van der Waals surface area contributed by atoms with Crippen molar-refractivity contribution >= 4 is 28.1 Å². The van der Waals surface area contributed by atoms with E-state index >= 15 is 0 Å². The average molecular weight is 449 g/mol. The van der Waals surface area contributed by atoms with Crippen molar-refractivity contribution in [3.05, 3.63) is 54.6 Å². The molecule has 9 nitrogen and oxygen atoms in total. The lowest BCUT2D eigenvalue weighted by molar-refractivity contribution is 0.102. The van der Waals surface area contributed by atoms with Gasteiger partial charge in [0.05, 0.1) is 30.2 Å². The molecule has 0 radical (unpaired) electrons. The molecule has 0 saturated carbocycles. The van der Waals surface area contributed by atoms with Crippen LogP contribution in [0.25, 0.3) is 16.6 Å². The molecule has 0 spiro atoms. The summed E-state index contributed by atoms with van der Waals surface area (Å²) < 4.78 is 14.4. The number of carbonyl (C=O) groups excluding carboxylic acids is 1. The molecule has 5 rings (SSSR count). The van der Waals surface area contributed by atoms with Crippen LogP contribution in [0.5, 0.6) is 5.75 Å². The number of ether oxygens (including phenoxy) is 2. The SMILES string of the molecule is COCCOc1ccn2c(C(=O)Nc3cccc4c3cnn4CC3CCNCC3)cnc2c1. The number of nitrogens with one attached hydrogen (secondary N) is 2. The first-order valence-electron chi connectivity index (χ1n) is 11.3. The van der Waals surface area contributed by atoms with E-state index in [1.54, 1.807) is 30.0 Å². The Morgan fingerprint density at radius 2 is 2.09 bits per heavy atom. The van der Waals surface area contributed by atoms with Gasteiger partial charge in [0.25, 0.3) is 5.91 Å². The molecule has 4 aromatic rings. The monoisotopic (exact) mass is 448 g/mol. The molecule has 0 atom stereocenters. The standard InChI is InChI=1S/C24H28N6O3/c1-32-11-12-33-18-7-10-29-22(15-26-23(29)13-18)24(31)28-20-3-2-4-21-19(20)14-27-30(21)16-17-5-8-25-9-6-17/h2-4,7,10,13-15,17,25H,5-6,8-9,11-12,16H2,1H3,(H,28,31). The summed E-state index contributed by atoms with van der Waals surface area (Å²) in [5, 5.41) is 12.0. The van der Waals surface area contributed by atoms with E-state index in [4.69, 9.17) is 9.47 Å². The molecule has 0 aliphatic carbocycles. The lowest BCUT2D eigenvalue weighted by Crippen LogP contribution is -2.30. The van der Waals surface area contributed by atoms with Gasteiger partial charge in [-0.25, -0.2) is 4.98 Å². The number of hydrogen-bond acceptors (Lipinski definition) is 6. The Morgan fingerprint density at radius 1 is 1.21 bits per heavy atom. The number of hydrogen-bond donors (Lipinski definition) is 2. The van der Waals surface area contributed by atoms with Gasteiger partial charge < -0.3 is 20.1 Å². The van der Waals surface area contributed by atoms with Gasteiger partial charge in [0.15, 0.2) is 0 Å². The first-order chi connectivity index (χ1) is 16.2. The molecule has 1 aliphatic heterocycles. The number of aromatic nitrogens is 4. The van der Waals surface area contributed by atoms with Crippen LogP contribution in [-0.4, -0.2) is 58.5 Å². The molecule has 33 heavy (non-hydrogen) atoms. The van der Waals surface area contributed by atoms with E-state index in [0.29, 0.717) is 36.2 Å². The van der Waals surface area contributed by atoms with Gasteiger partial charge in [0, 0.05) is 31.3 Å². The number of carbonyl (C=O) groups is 1. The van der Waals surface area contributed by atoms with E-state index in [-0.39, 0.29) is 5.91 Å². The highest BCUT2D eigenvalue weighted by atomic mass is 16.5. The number of fused-ring (bicyclic) bond motifs is 2. The zero-order valence-corrected chi connectivity index (χ0v) is 18.7. The predicted octanol–water partition coefficient (Wildman–Crippen LogP) is 2.96. The minimum Gasteiger partial charge on any atom is -0.491 e. The third kappa shape index (κ3) is 4.55. The second-order valence-electron chi connectivity index (χ2n) is 8.29. The highest BCUT2D eigenvalue weighted by Crippen LogP contribution is 2.26. The Balaban J connectivity index is 1.34. The molecule has 4 heterocycles. The molecule has 0 bridgehead atoms. The maximum absolute atomic E-state index is 13.1. The van der Waals surface area contributed by atoms with Crippen LogP contribution in [-0.2, 0) is 11.3 Å². The van der Waals surface area contributed by atoms with E-state index in [0.717, 1.165) is 49.1 Å². The van der Waals surface area contributed by atoms with Crippen molar-refractivity contribution < 1.29 is 14.3 Å². The van der Waals surface area contributed by atoms with Crippen molar-refractivity contribution in [2.75, 3.05) is 38.7 Å². The van der Waals surface area contributed by atoms with Gasteiger partial charge in [0.1, 0.15) is 23.7 Å². The molecular weight excluding hydrogens is 420 g/mol. The van der Waals surface area contributed by atoms with Gasteiger partial charge in [-0.1, -0.05) is 6.07 Å². The molecule has 1 amide bonds. The van der Waals surface area contributed by atoms with Crippen molar-refractivity contribution in [2.24, 2.45) is 5.92 Å². The fourth-order valence-electron chi connectivity index (χ4n) is 4.32. The normalized spacial score (nSPS) is 14.7. The molecule has 172 valence electrons. The van der Waals surface area contributed by atoms with E-state index in [2.05, 4.69) is 31.5 Å². The van der Waals surface area contributed by atoms with Gasteiger partial charge in [-0.15, -0.1) is 0 Å². The Hall–Kier alpha value is -3.43. The lowest BCUT2D eigenvalue weighted by Gasteiger charge is -2.22. The smallest absolute Gasteiger partial charge is 0.274 e. The van der Waals surface area contributed by atoms with Gasteiger partial charge in [-0.3, -0.25) is 13.9 Å². The van der Waals surface area contributed by atoms with Crippen LogP contribution in [0.4, 0.5) is 5.69 Å². The number of anilines is 1. The summed E-state index contributed by atoms with van der Waals surface area (Å²) in [4.78, 5) is 17.5. The molecule has 9 heteroatoms. The summed E-state index contributed by atoms with van der Waals surface area (Å²) in [5.74, 6) is 1.08. The third-order valence-corrected chi connectivity index (χ3v) is 6.10. The number of piperidine rings is 1. The van der Waals surface area contributed by atoms with Crippen LogP contribution in [0.1, 0.15) is 23.3 Å². The van der Waals surface area contributed by atoms with Crippen LogP contribution in [0.2, 0.25) is 0 Å². The molecule has 3 aromatic heterocycles. The average Bonchev–Trinajstić information content (AvgIpc) is 3.45. The summed E-state index contributed by atoms with van der Waals surface area (Å²) in [6.45, 7) is 3.98. The van der Waals surface area contributed by atoms with Gasteiger partial charge in [-0.2, -0.15) is 5.10 Å². The number of rotatable bonds is 8. The van der Waals surface area contributed by atoms with Gasteiger partial charge >= 0.3 is 0 Å². The number of benzene rings is 1. The Morgan fingerprint density at radius 3 is 2.94 bits per heavy atom.